The third kappa shape index (κ3) is 4.62. The predicted molar refractivity (Wildman–Crippen MR) is 106 cm³/mol. The van der Waals surface area contributed by atoms with Gasteiger partial charge < -0.3 is 15.0 Å². The van der Waals surface area contributed by atoms with Crippen LogP contribution in [0.3, 0.4) is 0 Å². The molecule has 2 aromatic carbocycles. The molecule has 0 bridgehead atoms. The number of rotatable bonds is 7. The number of hydrogen-bond acceptors (Lipinski definition) is 4. The number of hydrogen-bond donors (Lipinski definition) is 2. The van der Waals surface area contributed by atoms with Gasteiger partial charge in [0, 0.05) is 23.6 Å². The van der Waals surface area contributed by atoms with Gasteiger partial charge in [-0.25, -0.2) is 18.3 Å². The molecule has 0 aliphatic rings. The first kappa shape index (κ1) is 19.6. The highest BCUT2D eigenvalue weighted by Gasteiger charge is 2.09. The van der Waals surface area contributed by atoms with Crippen LogP contribution in [0.1, 0.15) is 16.8 Å². The number of halogens is 2. The SMILES string of the molecule is O=C(NCCc1c[nH]c2ccccc12)OCc1cn(Cc2ccc(F)c(F)c2)nn1. The van der Waals surface area contributed by atoms with Crippen LogP contribution < -0.4 is 5.32 Å². The molecule has 0 unspecified atom stereocenters. The average molecular weight is 411 g/mol. The molecule has 30 heavy (non-hydrogen) atoms. The van der Waals surface area contributed by atoms with Gasteiger partial charge in [-0.15, -0.1) is 5.10 Å². The highest BCUT2D eigenvalue weighted by molar-refractivity contribution is 5.83. The van der Waals surface area contributed by atoms with Gasteiger partial charge in [-0.2, -0.15) is 0 Å². The third-order valence-electron chi connectivity index (χ3n) is 4.60. The Morgan fingerprint density at radius 3 is 2.90 bits per heavy atom. The van der Waals surface area contributed by atoms with E-state index in [9.17, 15) is 13.6 Å². The lowest BCUT2D eigenvalue weighted by Gasteiger charge is -2.05. The summed E-state index contributed by atoms with van der Waals surface area (Å²) < 4.78 is 32.9. The van der Waals surface area contributed by atoms with Crippen molar-refractivity contribution >= 4 is 17.0 Å². The Balaban J connectivity index is 1.23. The van der Waals surface area contributed by atoms with Gasteiger partial charge in [-0.3, -0.25) is 0 Å². The third-order valence-corrected chi connectivity index (χ3v) is 4.60. The zero-order valence-electron chi connectivity index (χ0n) is 15.9. The monoisotopic (exact) mass is 411 g/mol. The molecule has 7 nitrogen and oxygen atoms in total. The lowest BCUT2D eigenvalue weighted by molar-refractivity contribution is 0.138. The highest BCUT2D eigenvalue weighted by Crippen LogP contribution is 2.17. The summed E-state index contributed by atoms with van der Waals surface area (Å²) in [5.41, 5.74) is 3.17. The fourth-order valence-corrected chi connectivity index (χ4v) is 3.14. The Morgan fingerprint density at radius 1 is 1.17 bits per heavy atom. The van der Waals surface area contributed by atoms with E-state index in [-0.39, 0.29) is 13.2 Å². The molecule has 0 atom stereocenters. The number of para-hydroxylation sites is 1. The number of fused-ring (bicyclic) bond motifs is 1. The average Bonchev–Trinajstić information content (AvgIpc) is 3.36. The normalized spacial score (nSPS) is 11.0. The second-order valence-electron chi connectivity index (χ2n) is 6.77. The first-order valence-electron chi connectivity index (χ1n) is 9.37. The maximum atomic E-state index is 13.3. The van der Waals surface area contributed by atoms with Crippen molar-refractivity contribution in [2.75, 3.05) is 6.54 Å². The van der Waals surface area contributed by atoms with Gasteiger partial charge in [0.2, 0.25) is 0 Å². The summed E-state index contributed by atoms with van der Waals surface area (Å²) in [6.45, 7) is 0.612. The number of nitrogens with zero attached hydrogens (tertiary/aromatic N) is 3. The highest BCUT2D eigenvalue weighted by atomic mass is 19.2. The quantitative estimate of drug-likeness (QED) is 0.487. The van der Waals surface area contributed by atoms with Crippen molar-refractivity contribution in [3.8, 4) is 0 Å². The zero-order valence-corrected chi connectivity index (χ0v) is 15.9. The van der Waals surface area contributed by atoms with E-state index in [1.54, 1.807) is 6.20 Å². The maximum Gasteiger partial charge on any atom is 0.407 e. The molecule has 2 aromatic heterocycles. The van der Waals surface area contributed by atoms with E-state index in [2.05, 4.69) is 20.6 Å². The van der Waals surface area contributed by atoms with E-state index in [0.29, 0.717) is 24.2 Å². The van der Waals surface area contributed by atoms with Gasteiger partial charge in [0.15, 0.2) is 11.6 Å². The van der Waals surface area contributed by atoms with Crippen molar-refractivity contribution in [2.24, 2.45) is 0 Å². The smallest absolute Gasteiger partial charge is 0.407 e. The van der Waals surface area contributed by atoms with Gasteiger partial charge in [-0.05, 0) is 35.7 Å². The van der Waals surface area contributed by atoms with Gasteiger partial charge in [0.05, 0.1) is 12.7 Å². The van der Waals surface area contributed by atoms with E-state index in [4.69, 9.17) is 4.74 Å². The fourth-order valence-electron chi connectivity index (χ4n) is 3.14. The van der Waals surface area contributed by atoms with Gasteiger partial charge in [0.25, 0.3) is 0 Å². The van der Waals surface area contributed by atoms with Gasteiger partial charge >= 0.3 is 6.09 Å². The molecule has 1 amide bonds. The molecular formula is C21H19F2N5O2. The number of alkyl carbamates (subject to hydrolysis) is 1. The van der Waals surface area contributed by atoms with Crippen molar-refractivity contribution in [3.63, 3.8) is 0 Å². The predicted octanol–water partition coefficient (Wildman–Crippen LogP) is 3.55. The number of benzene rings is 2. The second kappa shape index (κ2) is 8.73. The minimum Gasteiger partial charge on any atom is -0.443 e. The number of amides is 1. The van der Waals surface area contributed by atoms with Crippen molar-refractivity contribution in [3.05, 3.63) is 83.3 Å². The molecule has 0 fully saturated rings. The number of nitrogens with one attached hydrogen (secondary N) is 2. The minimum atomic E-state index is -0.916. The summed E-state index contributed by atoms with van der Waals surface area (Å²) in [5.74, 6) is -1.82. The number of ether oxygens (including phenoxy) is 1. The largest absolute Gasteiger partial charge is 0.443 e. The molecule has 0 aliphatic heterocycles. The molecule has 0 saturated carbocycles. The van der Waals surface area contributed by atoms with Crippen LogP contribution in [-0.2, 0) is 24.3 Å². The molecule has 2 N–H and O–H groups in total. The Hall–Kier alpha value is -3.75. The van der Waals surface area contributed by atoms with Crippen LogP contribution in [0.25, 0.3) is 10.9 Å². The van der Waals surface area contributed by atoms with E-state index in [0.717, 1.165) is 28.6 Å². The molecule has 0 aliphatic carbocycles. The summed E-state index contributed by atoms with van der Waals surface area (Å²) in [6, 6.07) is 11.6. The molecule has 0 radical (unpaired) electrons. The molecule has 0 saturated heterocycles. The Kier molecular flexibility index (Phi) is 5.69. The van der Waals surface area contributed by atoms with Crippen LogP contribution in [0.15, 0.2) is 54.9 Å². The second-order valence-corrected chi connectivity index (χ2v) is 6.77. The summed E-state index contributed by atoms with van der Waals surface area (Å²) in [5, 5.41) is 11.7. The number of H-pyrrole nitrogens is 1. The van der Waals surface area contributed by atoms with Crippen molar-refractivity contribution in [1.82, 2.24) is 25.3 Å². The lowest BCUT2D eigenvalue weighted by atomic mass is 10.1. The molecule has 4 rings (SSSR count). The number of carbonyl (C=O) groups excluding carboxylic acids is 1. The first-order chi connectivity index (χ1) is 14.6. The molecule has 154 valence electrons. The van der Waals surface area contributed by atoms with Crippen LogP contribution in [0.5, 0.6) is 0 Å². The summed E-state index contributed by atoms with van der Waals surface area (Å²) in [6.07, 6.45) is 3.64. The summed E-state index contributed by atoms with van der Waals surface area (Å²) >= 11 is 0. The van der Waals surface area contributed by atoms with E-state index < -0.39 is 17.7 Å². The number of aromatic nitrogens is 4. The zero-order chi connectivity index (χ0) is 20.9. The van der Waals surface area contributed by atoms with Crippen LogP contribution in [-0.4, -0.2) is 32.6 Å². The number of carbonyl (C=O) groups is 1. The Bertz CT molecular complexity index is 1170. The Morgan fingerprint density at radius 2 is 2.03 bits per heavy atom. The van der Waals surface area contributed by atoms with Crippen molar-refractivity contribution in [1.29, 1.82) is 0 Å². The van der Waals surface area contributed by atoms with Crippen LogP contribution in [0.2, 0.25) is 0 Å². The maximum absolute atomic E-state index is 13.3. The van der Waals surface area contributed by atoms with Crippen LogP contribution in [0, 0.1) is 11.6 Å². The van der Waals surface area contributed by atoms with E-state index in [1.807, 2.05) is 30.5 Å². The minimum absolute atomic E-state index is 0.0449. The van der Waals surface area contributed by atoms with Gasteiger partial charge in [-0.1, -0.05) is 29.5 Å². The number of aromatic amines is 1. The summed E-state index contributed by atoms with van der Waals surface area (Å²) in [7, 11) is 0. The lowest BCUT2D eigenvalue weighted by Crippen LogP contribution is -2.26. The van der Waals surface area contributed by atoms with E-state index in [1.165, 1.54) is 10.7 Å². The fraction of sp³-hybridized carbons (Fsp3) is 0.190. The van der Waals surface area contributed by atoms with Gasteiger partial charge in [0.1, 0.15) is 12.3 Å². The molecule has 9 heteroatoms. The van der Waals surface area contributed by atoms with Crippen molar-refractivity contribution in [2.45, 2.75) is 19.6 Å². The molecule has 0 spiro atoms. The van der Waals surface area contributed by atoms with Crippen LogP contribution in [0.4, 0.5) is 13.6 Å². The Labute approximate surface area is 170 Å². The van der Waals surface area contributed by atoms with Crippen LogP contribution >= 0.6 is 0 Å². The first-order valence-corrected chi connectivity index (χ1v) is 9.37. The summed E-state index contributed by atoms with van der Waals surface area (Å²) in [4.78, 5) is 15.1. The topological polar surface area (TPSA) is 84.8 Å². The standard InChI is InChI=1S/C21H19F2N5O2/c22-18-6-5-14(9-19(18)23)11-28-12-16(26-27-28)13-30-21(29)24-8-7-15-10-25-20-4-2-1-3-17(15)20/h1-6,9-10,12,25H,7-8,11,13H2,(H,24,29). The van der Waals surface area contributed by atoms with E-state index >= 15 is 0 Å². The van der Waals surface area contributed by atoms with Crippen molar-refractivity contribution < 1.29 is 18.3 Å². The molecular weight excluding hydrogens is 392 g/mol. The molecule has 4 aromatic rings. The molecule has 2 heterocycles.